The minimum Gasteiger partial charge on any atom is -0.492 e. The van der Waals surface area contributed by atoms with E-state index in [1.807, 2.05) is 24.3 Å². The maximum absolute atomic E-state index is 12.2. The normalized spacial score (nSPS) is 22.4. The van der Waals surface area contributed by atoms with Gasteiger partial charge in [-0.3, -0.25) is 9.69 Å². The van der Waals surface area contributed by atoms with Crippen LogP contribution in [0, 0.1) is 5.92 Å². The summed E-state index contributed by atoms with van der Waals surface area (Å²) in [6.07, 6.45) is 2.65. The Morgan fingerprint density at radius 2 is 2.04 bits per heavy atom. The molecule has 1 heterocycles. The minimum absolute atomic E-state index is 0. The number of nitrogens with one attached hydrogen (secondary N) is 1. The van der Waals surface area contributed by atoms with Gasteiger partial charge in [0.05, 0.1) is 13.2 Å². The first-order chi connectivity index (χ1) is 12.2. The molecule has 1 saturated heterocycles. The largest absolute Gasteiger partial charge is 0.492 e. The Bertz CT molecular complexity index is 571. The van der Waals surface area contributed by atoms with Gasteiger partial charge in [-0.2, -0.15) is 0 Å². The Labute approximate surface area is 174 Å². The number of nitrogens with two attached hydrogens (primary N) is 1. The minimum atomic E-state index is 0. The first kappa shape index (κ1) is 24.0. The van der Waals surface area contributed by atoms with Crippen molar-refractivity contribution in [3.63, 3.8) is 0 Å². The van der Waals surface area contributed by atoms with Gasteiger partial charge in [0.25, 0.3) is 0 Å². The van der Waals surface area contributed by atoms with E-state index < -0.39 is 0 Å². The predicted octanol–water partition coefficient (Wildman–Crippen LogP) is 1.98. The monoisotopic (exact) mass is 419 g/mol. The Hall–Kier alpha value is -1.05. The zero-order valence-electron chi connectivity index (χ0n) is 15.6. The molecule has 27 heavy (non-hydrogen) atoms. The van der Waals surface area contributed by atoms with Gasteiger partial charge < -0.3 is 20.5 Å². The molecule has 0 spiro atoms. The Kier molecular flexibility index (Phi) is 11.0. The number of morpholine rings is 1. The first-order valence-electron chi connectivity index (χ1n) is 9.26. The summed E-state index contributed by atoms with van der Waals surface area (Å²) in [6, 6.07) is 8.12. The molecule has 3 rings (SSSR count). The van der Waals surface area contributed by atoms with Crippen LogP contribution >= 0.6 is 24.8 Å². The van der Waals surface area contributed by atoms with Crippen LogP contribution in [0.5, 0.6) is 5.75 Å². The van der Waals surface area contributed by atoms with Crippen LogP contribution in [0.2, 0.25) is 0 Å². The highest BCUT2D eigenvalue weighted by molar-refractivity contribution is 5.85. The number of hydrogen-bond acceptors (Lipinski definition) is 5. The van der Waals surface area contributed by atoms with E-state index in [4.69, 9.17) is 15.2 Å². The molecule has 8 heteroatoms. The molecule has 1 aliphatic carbocycles. The average Bonchev–Trinajstić information content (AvgIpc) is 3.07. The van der Waals surface area contributed by atoms with Crippen molar-refractivity contribution in [2.45, 2.75) is 31.8 Å². The third-order valence-corrected chi connectivity index (χ3v) is 4.99. The maximum atomic E-state index is 12.2. The van der Waals surface area contributed by atoms with E-state index in [-0.39, 0.29) is 42.7 Å². The van der Waals surface area contributed by atoms with Gasteiger partial charge in [-0.1, -0.05) is 12.1 Å². The number of benzene rings is 1. The fraction of sp³-hybridized carbons (Fsp3) is 0.632. The molecule has 0 aromatic heterocycles. The van der Waals surface area contributed by atoms with Gasteiger partial charge in [0.2, 0.25) is 5.91 Å². The van der Waals surface area contributed by atoms with Crippen molar-refractivity contribution in [3.05, 3.63) is 29.8 Å². The van der Waals surface area contributed by atoms with Crippen LogP contribution in [0.25, 0.3) is 0 Å². The van der Waals surface area contributed by atoms with Crippen molar-refractivity contribution in [2.24, 2.45) is 11.7 Å². The lowest BCUT2D eigenvalue weighted by atomic mass is 10.1. The van der Waals surface area contributed by atoms with E-state index in [0.29, 0.717) is 13.2 Å². The van der Waals surface area contributed by atoms with Gasteiger partial charge >= 0.3 is 0 Å². The van der Waals surface area contributed by atoms with E-state index >= 15 is 0 Å². The number of nitrogens with zero attached hydrogens (tertiary/aromatic N) is 1. The fourth-order valence-corrected chi connectivity index (χ4v) is 3.45. The summed E-state index contributed by atoms with van der Waals surface area (Å²) < 4.78 is 11.2. The smallest absolute Gasteiger partial charge is 0.223 e. The molecule has 6 nitrogen and oxygen atoms in total. The molecule has 1 saturated carbocycles. The topological polar surface area (TPSA) is 76.8 Å². The van der Waals surface area contributed by atoms with E-state index in [0.717, 1.165) is 63.4 Å². The van der Waals surface area contributed by atoms with Crippen molar-refractivity contribution >= 4 is 30.7 Å². The van der Waals surface area contributed by atoms with Crippen molar-refractivity contribution < 1.29 is 14.3 Å². The van der Waals surface area contributed by atoms with Crippen LogP contribution in [-0.4, -0.2) is 56.3 Å². The SMILES string of the molecule is Cl.Cl.NC1CCC(C(=O)NCc2cccc(OCCN3CCOCC3)c2)C1. The van der Waals surface area contributed by atoms with Crippen LogP contribution in [0.15, 0.2) is 24.3 Å². The molecule has 1 aliphatic heterocycles. The summed E-state index contributed by atoms with van der Waals surface area (Å²) >= 11 is 0. The van der Waals surface area contributed by atoms with Gasteiger partial charge in [-0.15, -0.1) is 24.8 Å². The van der Waals surface area contributed by atoms with E-state index in [2.05, 4.69) is 10.2 Å². The van der Waals surface area contributed by atoms with Crippen LogP contribution in [-0.2, 0) is 16.1 Å². The molecule has 1 amide bonds. The second-order valence-electron chi connectivity index (χ2n) is 6.94. The Balaban J connectivity index is 0.00000182. The quantitative estimate of drug-likeness (QED) is 0.706. The molecule has 2 atom stereocenters. The first-order valence-corrected chi connectivity index (χ1v) is 9.26. The molecule has 2 fully saturated rings. The van der Waals surface area contributed by atoms with Crippen molar-refractivity contribution in [1.29, 1.82) is 0 Å². The lowest BCUT2D eigenvalue weighted by molar-refractivity contribution is -0.125. The second-order valence-corrected chi connectivity index (χ2v) is 6.94. The zero-order valence-corrected chi connectivity index (χ0v) is 17.2. The molecule has 2 unspecified atom stereocenters. The van der Waals surface area contributed by atoms with Gasteiger partial charge in [-0.05, 0) is 37.0 Å². The summed E-state index contributed by atoms with van der Waals surface area (Å²) in [4.78, 5) is 14.5. The van der Waals surface area contributed by atoms with E-state index in [9.17, 15) is 4.79 Å². The van der Waals surface area contributed by atoms with Crippen LogP contribution < -0.4 is 15.8 Å². The van der Waals surface area contributed by atoms with Crippen molar-refractivity contribution in [1.82, 2.24) is 10.2 Å². The third kappa shape index (κ3) is 7.84. The summed E-state index contributed by atoms with van der Waals surface area (Å²) in [6.45, 7) is 5.66. The number of amides is 1. The lowest BCUT2D eigenvalue weighted by Crippen LogP contribution is -2.38. The number of rotatable bonds is 7. The molecule has 0 bridgehead atoms. The fourth-order valence-electron chi connectivity index (χ4n) is 3.45. The zero-order chi connectivity index (χ0) is 17.5. The second kappa shape index (κ2) is 12.4. The molecule has 1 aromatic rings. The Morgan fingerprint density at radius 3 is 2.74 bits per heavy atom. The van der Waals surface area contributed by atoms with Crippen molar-refractivity contribution in [2.75, 3.05) is 39.5 Å². The standard InChI is InChI=1S/C19H29N3O3.2ClH/c20-17-5-4-16(13-17)19(23)21-14-15-2-1-3-18(12-15)25-11-8-22-6-9-24-10-7-22;;/h1-3,12,16-17H,4-11,13-14,20H2,(H,21,23);2*1H. The van der Waals surface area contributed by atoms with Gasteiger partial charge in [-0.25, -0.2) is 0 Å². The number of ether oxygens (including phenoxy) is 2. The molecule has 1 aromatic carbocycles. The number of carbonyl (C=O) groups excluding carboxylic acids is 1. The maximum Gasteiger partial charge on any atom is 0.223 e. The Morgan fingerprint density at radius 1 is 1.26 bits per heavy atom. The highest BCUT2D eigenvalue weighted by atomic mass is 35.5. The molecule has 0 radical (unpaired) electrons. The van der Waals surface area contributed by atoms with Gasteiger partial charge in [0.15, 0.2) is 0 Å². The summed E-state index contributed by atoms with van der Waals surface area (Å²) in [5.74, 6) is 1.04. The number of hydrogen-bond donors (Lipinski definition) is 2. The van der Waals surface area contributed by atoms with Gasteiger partial charge in [0, 0.05) is 38.1 Å². The highest BCUT2D eigenvalue weighted by Gasteiger charge is 2.27. The molecular formula is C19H31Cl2N3O3. The summed E-state index contributed by atoms with van der Waals surface area (Å²) in [5.41, 5.74) is 6.94. The summed E-state index contributed by atoms with van der Waals surface area (Å²) in [5, 5.41) is 3.02. The van der Waals surface area contributed by atoms with E-state index in [1.165, 1.54) is 0 Å². The van der Waals surface area contributed by atoms with Crippen molar-refractivity contribution in [3.8, 4) is 5.75 Å². The highest BCUT2D eigenvalue weighted by Crippen LogP contribution is 2.24. The van der Waals surface area contributed by atoms with Crippen LogP contribution in [0.3, 0.4) is 0 Å². The average molecular weight is 420 g/mol. The molecule has 2 aliphatic rings. The summed E-state index contributed by atoms with van der Waals surface area (Å²) in [7, 11) is 0. The molecule has 3 N–H and O–H groups in total. The third-order valence-electron chi connectivity index (χ3n) is 4.99. The van der Waals surface area contributed by atoms with Gasteiger partial charge in [0.1, 0.15) is 12.4 Å². The number of halogens is 2. The van der Waals surface area contributed by atoms with E-state index in [1.54, 1.807) is 0 Å². The predicted molar refractivity (Wildman–Crippen MR) is 111 cm³/mol. The molecule has 154 valence electrons. The lowest BCUT2D eigenvalue weighted by Gasteiger charge is -2.26. The molecular weight excluding hydrogens is 389 g/mol. The number of carbonyl (C=O) groups is 1. The van der Waals surface area contributed by atoms with Crippen LogP contribution in [0.4, 0.5) is 0 Å². The van der Waals surface area contributed by atoms with Crippen LogP contribution in [0.1, 0.15) is 24.8 Å².